The van der Waals surface area contributed by atoms with E-state index in [-0.39, 0.29) is 28.9 Å². The zero-order valence-corrected chi connectivity index (χ0v) is 42.1. The highest BCUT2D eigenvalue weighted by Crippen LogP contribution is 2.31. The van der Waals surface area contributed by atoms with E-state index in [1.165, 1.54) is 55.3 Å². The van der Waals surface area contributed by atoms with Crippen molar-refractivity contribution >= 4 is 43.0 Å². The molecule has 3 aromatic carbocycles. The van der Waals surface area contributed by atoms with Gasteiger partial charge in [-0.3, -0.25) is 9.97 Å². The molecule has 13 heteroatoms. The van der Waals surface area contributed by atoms with Gasteiger partial charge in [0, 0.05) is 48.3 Å². The maximum absolute atomic E-state index is 13.9. The largest absolute Gasteiger partial charge is 0.462 e. The summed E-state index contributed by atoms with van der Waals surface area (Å²) in [5.41, 5.74) is 3.31. The maximum atomic E-state index is 13.9. The molecule has 0 radical (unpaired) electrons. The van der Waals surface area contributed by atoms with Crippen molar-refractivity contribution in [2.24, 2.45) is 0 Å². The summed E-state index contributed by atoms with van der Waals surface area (Å²) in [4.78, 5) is 36.3. The molecule has 0 fully saturated rings. The van der Waals surface area contributed by atoms with Crippen molar-refractivity contribution in [3.05, 3.63) is 191 Å². The van der Waals surface area contributed by atoms with Crippen molar-refractivity contribution in [1.29, 1.82) is 0 Å². The summed E-state index contributed by atoms with van der Waals surface area (Å²) in [6.45, 7) is 4.55. The van der Waals surface area contributed by atoms with E-state index in [1.54, 1.807) is 85.6 Å². The van der Waals surface area contributed by atoms with E-state index in [1.807, 2.05) is 47.4 Å². The summed E-state index contributed by atoms with van der Waals surface area (Å²) < 4.78 is 66.8. The lowest BCUT2D eigenvalue weighted by Gasteiger charge is -2.22. The number of hydrogen-bond acceptors (Lipinski definition) is 11. The molecule has 1 unspecified atom stereocenters. The van der Waals surface area contributed by atoms with Crippen LogP contribution in [0.25, 0.3) is 0 Å². The SMILES string of the molecule is CCCCCCCCCOC(=O)/C(=C\C=C\N(c1ccncc1)c1ccc(C(/C=C/C=C(/C(=O)OCCCCCCCC)S(=O)(=O)c2ccccc2)Cc2ccncc2)cc1)S(=O)(=O)c1ccccc1. The predicted octanol–water partition coefficient (Wildman–Crippen LogP) is 12.9. The van der Waals surface area contributed by atoms with Crippen LogP contribution >= 0.6 is 0 Å². The minimum absolute atomic E-state index is 0.00819. The quantitative estimate of drug-likeness (QED) is 0.0187. The number of hydrogen-bond donors (Lipinski definition) is 0. The van der Waals surface area contributed by atoms with Crippen LogP contribution in [0.4, 0.5) is 11.4 Å². The van der Waals surface area contributed by atoms with Gasteiger partial charge in [-0.1, -0.05) is 145 Å². The van der Waals surface area contributed by atoms with Crippen LogP contribution in [0, 0.1) is 0 Å². The highest BCUT2D eigenvalue weighted by atomic mass is 32.2. The highest BCUT2D eigenvalue weighted by molar-refractivity contribution is 7.96. The smallest absolute Gasteiger partial charge is 0.350 e. The number of allylic oxidation sites excluding steroid dienone is 5. The van der Waals surface area contributed by atoms with Crippen LogP contribution in [-0.4, -0.2) is 52.0 Å². The van der Waals surface area contributed by atoms with Gasteiger partial charge in [0.1, 0.15) is 0 Å². The van der Waals surface area contributed by atoms with Crippen LogP contribution in [0.2, 0.25) is 0 Å². The van der Waals surface area contributed by atoms with E-state index in [0.29, 0.717) is 24.9 Å². The number of carbonyl (C=O) groups is 2. The molecule has 2 heterocycles. The number of sulfone groups is 2. The Morgan fingerprint density at radius 2 is 0.957 bits per heavy atom. The molecule has 5 rings (SSSR count). The van der Waals surface area contributed by atoms with Gasteiger partial charge < -0.3 is 14.4 Å². The average molecular weight is 986 g/mol. The van der Waals surface area contributed by atoms with Gasteiger partial charge in [0.05, 0.1) is 23.0 Å². The van der Waals surface area contributed by atoms with Gasteiger partial charge in [-0.15, -0.1) is 0 Å². The van der Waals surface area contributed by atoms with E-state index in [2.05, 4.69) is 23.8 Å². The van der Waals surface area contributed by atoms with E-state index in [4.69, 9.17) is 9.47 Å². The molecule has 11 nitrogen and oxygen atoms in total. The molecule has 0 N–H and O–H groups in total. The summed E-state index contributed by atoms with van der Waals surface area (Å²) in [7, 11) is -8.46. The van der Waals surface area contributed by atoms with E-state index in [9.17, 15) is 26.4 Å². The molecular formula is C57H67N3O8S2. The monoisotopic (exact) mass is 985 g/mol. The van der Waals surface area contributed by atoms with Gasteiger partial charge in [-0.25, -0.2) is 26.4 Å². The summed E-state index contributed by atoms with van der Waals surface area (Å²) in [5.74, 6) is -2.10. The zero-order chi connectivity index (χ0) is 49.9. The Kier molecular flexibility index (Phi) is 23.0. The molecule has 0 amide bonds. The van der Waals surface area contributed by atoms with Gasteiger partial charge >= 0.3 is 11.9 Å². The minimum atomic E-state index is -4.24. The number of pyridine rings is 2. The van der Waals surface area contributed by atoms with Crippen LogP contribution in [0.1, 0.15) is 114 Å². The average Bonchev–Trinajstić information content (AvgIpc) is 3.38. The van der Waals surface area contributed by atoms with Crippen molar-refractivity contribution in [3.8, 4) is 0 Å². The topological polar surface area (TPSA) is 150 Å². The number of nitrogens with zero attached hydrogens (tertiary/aromatic N) is 3. The molecule has 0 saturated carbocycles. The molecule has 0 spiro atoms. The third-order valence-corrected chi connectivity index (χ3v) is 15.2. The lowest BCUT2D eigenvalue weighted by atomic mass is 9.91. The Morgan fingerprint density at radius 3 is 1.44 bits per heavy atom. The zero-order valence-electron chi connectivity index (χ0n) is 40.5. The first kappa shape index (κ1) is 54.5. The van der Waals surface area contributed by atoms with E-state index < -0.39 is 41.4 Å². The molecule has 0 aliphatic rings. The van der Waals surface area contributed by atoms with Crippen LogP contribution < -0.4 is 4.90 Å². The Morgan fingerprint density at radius 1 is 0.529 bits per heavy atom. The number of benzene rings is 3. The molecule has 0 aliphatic carbocycles. The van der Waals surface area contributed by atoms with Crippen LogP contribution in [-0.2, 0) is 45.2 Å². The minimum Gasteiger partial charge on any atom is -0.462 e. The summed E-state index contributed by atoms with van der Waals surface area (Å²) >= 11 is 0. The van der Waals surface area contributed by atoms with Crippen molar-refractivity contribution < 1.29 is 35.9 Å². The van der Waals surface area contributed by atoms with Crippen molar-refractivity contribution in [2.45, 2.75) is 119 Å². The molecule has 370 valence electrons. The van der Waals surface area contributed by atoms with Crippen molar-refractivity contribution in [1.82, 2.24) is 9.97 Å². The van der Waals surface area contributed by atoms with Crippen LogP contribution in [0.5, 0.6) is 0 Å². The number of anilines is 2. The number of unbranched alkanes of at least 4 members (excludes halogenated alkanes) is 11. The third kappa shape index (κ3) is 17.2. The lowest BCUT2D eigenvalue weighted by Crippen LogP contribution is -2.17. The standard InChI is InChI=1S/C57H67N3O8S2/c1-3-5-7-9-11-13-21-45-68-57(62)55(70(65,66)53-27-18-15-19-28-53)30-23-43-60(51-37-41-59-42-38-51)50-33-31-48(32-34-50)49(46-47-35-39-58-40-36-47)24-22-29-54(69(63,64)52-25-16-14-17-26-52)56(61)67-44-20-12-10-8-6-4-2/h14-19,22-43,49H,3-13,20-21,44-46H2,1-2H3/b24-22+,43-23+,54-29-,55-30+. The number of ether oxygens (including phenoxy) is 2. The van der Waals surface area contributed by atoms with Crippen molar-refractivity contribution in [2.75, 3.05) is 18.1 Å². The Balaban J connectivity index is 1.44. The number of rotatable bonds is 30. The fourth-order valence-electron chi connectivity index (χ4n) is 7.67. The van der Waals surface area contributed by atoms with Gasteiger partial charge in [-0.2, -0.15) is 0 Å². The second-order valence-electron chi connectivity index (χ2n) is 16.9. The first-order chi connectivity index (χ1) is 34.1. The Hall–Kier alpha value is -6.44. The predicted molar refractivity (Wildman–Crippen MR) is 278 cm³/mol. The first-order valence-electron chi connectivity index (χ1n) is 24.5. The lowest BCUT2D eigenvalue weighted by molar-refractivity contribution is -0.139. The molecule has 5 aromatic rings. The van der Waals surface area contributed by atoms with Gasteiger partial charge in [0.2, 0.25) is 19.7 Å². The maximum Gasteiger partial charge on any atom is 0.350 e. The fourth-order valence-corrected chi connectivity index (χ4v) is 10.3. The van der Waals surface area contributed by atoms with Gasteiger partial charge in [-0.05, 0) is 109 Å². The van der Waals surface area contributed by atoms with Crippen LogP contribution in [0.3, 0.4) is 0 Å². The number of aromatic nitrogens is 2. The van der Waals surface area contributed by atoms with E-state index in [0.717, 1.165) is 74.6 Å². The first-order valence-corrected chi connectivity index (χ1v) is 27.4. The summed E-state index contributed by atoms with van der Waals surface area (Å²) in [6.07, 6.45) is 29.6. The molecule has 0 bridgehead atoms. The summed E-state index contributed by atoms with van der Waals surface area (Å²) in [6, 6.07) is 30.9. The second-order valence-corrected chi connectivity index (χ2v) is 20.8. The number of esters is 2. The molecule has 0 saturated heterocycles. The van der Waals surface area contributed by atoms with Gasteiger partial charge in [0.15, 0.2) is 9.81 Å². The van der Waals surface area contributed by atoms with E-state index >= 15 is 0 Å². The molecular weight excluding hydrogens is 919 g/mol. The molecule has 1 atom stereocenters. The second kappa shape index (κ2) is 29.6. The Labute approximate surface area is 415 Å². The summed E-state index contributed by atoms with van der Waals surface area (Å²) in [5, 5.41) is 0. The van der Waals surface area contributed by atoms with Crippen LogP contribution in [0.15, 0.2) is 190 Å². The molecule has 70 heavy (non-hydrogen) atoms. The third-order valence-electron chi connectivity index (χ3n) is 11.6. The fraction of sp³-hybridized carbons (Fsp3) is 0.333. The van der Waals surface area contributed by atoms with Crippen molar-refractivity contribution in [3.63, 3.8) is 0 Å². The normalized spacial score (nSPS) is 12.8. The Bertz CT molecular complexity index is 2690. The number of carbonyl (C=O) groups excluding carboxylic acids is 2. The molecule has 2 aromatic heterocycles. The highest BCUT2D eigenvalue weighted by Gasteiger charge is 2.29. The van der Waals surface area contributed by atoms with Gasteiger partial charge in [0.25, 0.3) is 0 Å². The molecule has 0 aliphatic heterocycles.